The Morgan fingerprint density at radius 2 is 1.67 bits per heavy atom. The van der Waals surface area contributed by atoms with Crippen LogP contribution in [-0.2, 0) is 11.3 Å². The van der Waals surface area contributed by atoms with E-state index in [1.807, 2.05) is 30.0 Å². The molecule has 0 bridgehead atoms. The molecule has 160 valence electrons. The molecule has 0 radical (unpaired) electrons. The third-order valence-electron chi connectivity index (χ3n) is 7.62. The topological polar surface area (TPSA) is 54.3 Å². The molecular formula is C25H33N3O2. The van der Waals surface area contributed by atoms with Crippen LogP contribution in [0, 0.1) is 0 Å². The van der Waals surface area contributed by atoms with E-state index in [9.17, 15) is 9.59 Å². The van der Waals surface area contributed by atoms with Gasteiger partial charge in [-0.25, -0.2) is 0 Å². The molecule has 3 aliphatic rings. The number of rotatable bonds is 3. The zero-order chi connectivity index (χ0) is 20.7. The molecule has 0 unspecified atom stereocenters. The van der Waals surface area contributed by atoms with Crippen molar-refractivity contribution in [3.8, 4) is 0 Å². The van der Waals surface area contributed by atoms with Crippen molar-refractivity contribution >= 4 is 22.7 Å². The fourth-order valence-corrected chi connectivity index (χ4v) is 5.97. The number of amides is 2. The third kappa shape index (κ3) is 3.23. The van der Waals surface area contributed by atoms with Gasteiger partial charge in [0.1, 0.15) is 11.2 Å². The Labute approximate surface area is 178 Å². The molecule has 2 aromatic rings. The lowest BCUT2D eigenvalue weighted by Gasteiger charge is -2.48. The number of hydrogen-bond donors (Lipinski definition) is 1. The number of para-hydroxylation sites is 1. The minimum Gasteiger partial charge on any atom is -0.351 e. The normalized spacial score (nSPS) is 26.0. The van der Waals surface area contributed by atoms with Gasteiger partial charge in [0.15, 0.2) is 0 Å². The molecule has 5 nitrogen and oxygen atoms in total. The van der Waals surface area contributed by atoms with Crippen LogP contribution in [0.5, 0.6) is 0 Å². The molecule has 1 aromatic carbocycles. The van der Waals surface area contributed by atoms with Crippen molar-refractivity contribution in [1.29, 1.82) is 0 Å². The van der Waals surface area contributed by atoms with Crippen LogP contribution in [0.3, 0.4) is 0 Å². The predicted octanol–water partition coefficient (Wildman–Crippen LogP) is 4.64. The molecule has 2 heterocycles. The number of carbonyl (C=O) groups excluding carboxylic acids is 2. The van der Waals surface area contributed by atoms with E-state index in [-0.39, 0.29) is 23.9 Å². The van der Waals surface area contributed by atoms with Crippen LogP contribution in [0.25, 0.3) is 10.9 Å². The van der Waals surface area contributed by atoms with Crippen LogP contribution in [0.4, 0.5) is 0 Å². The molecule has 30 heavy (non-hydrogen) atoms. The van der Waals surface area contributed by atoms with Crippen LogP contribution in [0.2, 0.25) is 0 Å². The molecule has 1 aliphatic heterocycles. The molecule has 5 heteroatoms. The first-order valence-electron chi connectivity index (χ1n) is 11.8. The average molecular weight is 408 g/mol. The molecule has 2 aliphatic carbocycles. The second-order valence-electron chi connectivity index (χ2n) is 9.72. The molecule has 0 saturated heterocycles. The summed E-state index contributed by atoms with van der Waals surface area (Å²) >= 11 is 0. The molecule has 2 amide bonds. The molecule has 5 rings (SSSR count). The van der Waals surface area contributed by atoms with Gasteiger partial charge in [-0.05, 0) is 44.7 Å². The van der Waals surface area contributed by atoms with Gasteiger partial charge in [-0.3, -0.25) is 9.59 Å². The number of nitrogens with one attached hydrogen (secondary N) is 1. The zero-order valence-corrected chi connectivity index (χ0v) is 18.0. The van der Waals surface area contributed by atoms with Gasteiger partial charge in [0.2, 0.25) is 5.91 Å². The van der Waals surface area contributed by atoms with Crippen molar-refractivity contribution in [2.45, 2.75) is 95.3 Å². The highest BCUT2D eigenvalue weighted by atomic mass is 16.2. The monoisotopic (exact) mass is 407 g/mol. The van der Waals surface area contributed by atoms with Gasteiger partial charge in [-0.15, -0.1) is 0 Å². The third-order valence-corrected chi connectivity index (χ3v) is 7.62. The van der Waals surface area contributed by atoms with Gasteiger partial charge in [-0.2, -0.15) is 0 Å². The standard InChI is InChI=1S/C25H33N3O2/c1-25(24(30)26-19-11-7-8-12-19)17-27-21-15-9-6-10-18(21)16-22(27)23(29)28(25)20-13-4-2-3-5-14-20/h6,9-10,15-16,19-20H,2-5,7-8,11-14,17H2,1H3,(H,26,30)/t25-/m1/s1. The van der Waals surface area contributed by atoms with Crippen molar-refractivity contribution in [1.82, 2.24) is 14.8 Å². The summed E-state index contributed by atoms with van der Waals surface area (Å²) in [5, 5.41) is 4.39. The van der Waals surface area contributed by atoms with Crippen molar-refractivity contribution in [2.75, 3.05) is 0 Å². The smallest absolute Gasteiger partial charge is 0.271 e. The van der Waals surface area contributed by atoms with Crippen molar-refractivity contribution < 1.29 is 9.59 Å². The van der Waals surface area contributed by atoms with Gasteiger partial charge in [0.05, 0.1) is 6.54 Å². The van der Waals surface area contributed by atoms with Crippen LogP contribution in [0.1, 0.15) is 81.6 Å². The van der Waals surface area contributed by atoms with Gasteiger partial charge >= 0.3 is 0 Å². The second-order valence-corrected chi connectivity index (χ2v) is 9.72. The summed E-state index contributed by atoms with van der Waals surface area (Å²) in [4.78, 5) is 29.6. The minimum atomic E-state index is -0.858. The highest BCUT2D eigenvalue weighted by molar-refractivity contribution is 6.03. The number of benzene rings is 1. The lowest BCUT2D eigenvalue weighted by molar-refractivity contribution is -0.135. The van der Waals surface area contributed by atoms with Crippen molar-refractivity contribution in [2.24, 2.45) is 0 Å². The van der Waals surface area contributed by atoms with Gasteiger partial charge < -0.3 is 14.8 Å². The maximum atomic E-state index is 13.9. The first kappa shape index (κ1) is 19.7. The molecule has 1 aromatic heterocycles. The van der Waals surface area contributed by atoms with Gasteiger partial charge in [0.25, 0.3) is 5.91 Å². The predicted molar refractivity (Wildman–Crippen MR) is 118 cm³/mol. The van der Waals surface area contributed by atoms with Crippen LogP contribution < -0.4 is 5.32 Å². The highest BCUT2D eigenvalue weighted by Gasteiger charge is 2.50. The second kappa shape index (κ2) is 7.75. The minimum absolute atomic E-state index is 0.0217. The maximum absolute atomic E-state index is 13.9. The Kier molecular flexibility index (Phi) is 5.08. The summed E-state index contributed by atoms with van der Waals surface area (Å²) in [5.41, 5.74) is 0.913. The fraction of sp³-hybridized carbons (Fsp3) is 0.600. The molecule has 1 N–H and O–H groups in total. The van der Waals surface area contributed by atoms with Gasteiger partial charge in [0, 0.05) is 23.0 Å². The van der Waals surface area contributed by atoms with Gasteiger partial charge in [-0.1, -0.05) is 56.7 Å². The number of hydrogen-bond acceptors (Lipinski definition) is 2. The maximum Gasteiger partial charge on any atom is 0.271 e. The van der Waals surface area contributed by atoms with Crippen LogP contribution in [-0.4, -0.2) is 38.9 Å². The first-order chi connectivity index (χ1) is 14.6. The Bertz CT molecular complexity index is 950. The van der Waals surface area contributed by atoms with E-state index in [2.05, 4.69) is 22.0 Å². The highest BCUT2D eigenvalue weighted by Crippen LogP contribution is 2.37. The zero-order valence-electron chi connectivity index (χ0n) is 18.0. The summed E-state index contributed by atoms with van der Waals surface area (Å²) in [6.07, 6.45) is 11.2. The Balaban J connectivity index is 1.57. The van der Waals surface area contributed by atoms with E-state index in [0.717, 1.165) is 55.1 Å². The van der Waals surface area contributed by atoms with Crippen LogP contribution in [0.15, 0.2) is 30.3 Å². The summed E-state index contributed by atoms with van der Waals surface area (Å²) in [7, 11) is 0. The van der Waals surface area contributed by atoms with Crippen molar-refractivity contribution in [3.63, 3.8) is 0 Å². The first-order valence-corrected chi connectivity index (χ1v) is 11.8. The lowest BCUT2D eigenvalue weighted by atomic mass is 9.90. The number of nitrogens with zero attached hydrogens (tertiary/aromatic N) is 2. The Morgan fingerprint density at radius 1 is 1.00 bits per heavy atom. The Hall–Kier alpha value is -2.30. The summed E-state index contributed by atoms with van der Waals surface area (Å²) < 4.78 is 2.08. The lowest BCUT2D eigenvalue weighted by Crippen LogP contribution is -2.67. The van der Waals surface area contributed by atoms with Crippen molar-refractivity contribution in [3.05, 3.63) is 36.0 Å². The van der Waals surface area contributed by atoms with E-state index >= 15 is 0 Å². The number of carbonyl (C=O) groups is 2. The number of aromatic nitrogens is 1. The van der Waals surface area contributed by atoms with E-state index in [1.54, 1.807) is 0 Å². The summed E-state index contributed by atoms with van der Waals surface area (Å²) in [5.74, 6) is 0.0452. The summed E-state index contributed by atoms with van der Waals surface area (Å²) in [6, 6.07) is 10.5. The molecule has 2 saturated carbocycles. The Morgan fingerprint density at radius 3 is 2.40 bits per heavy atom. The SMILES string of the molecule is C[C@]1(C(=O)NC2CCCC2)Cn2c(cc3ccccc32)C(=O)N1C1CCCCCC1. The quantitative estimate of drug-likeness (QED) is 0.754. The van der Waals surface area contributed by atoms with E-state index in [4.69, 9.17) is 0 Å². The van der Waals surface area contributed by atoms with E-state index in [0.29, 0.717) is 6.54 Å². The fourth-order valence-electron chi connectivity index (χ4n) is 5.97. The molecular weight excluding hydrogens is 374 g/mol. The molecule has 2 fully saturated rings. The average Bonchev–Trinajstić information content (AvgIpc) is 3.29. The number of fused-ring (bicyclic) bond motifs is 3. The van der Waals surface area contributed by atoms with E-state index in [1.165, 1.54) is 25.7 Å². The molecule has 1 atom stereocenters. The summed E-state index contributed by atoms with van der Waals surface area (Å²) in [6.45, 7) is 2.52. The van der Waals surface area contributed by atoms with Crippen LogP contribution >= 0.6 is 0 Å². The molecule has 0 spiro atoms. The largest absolute Gasteiger partial charge is 0.351 e. The van der Waals surface area contributed by atoms with E-state index < -0.39 is 5.54 Å².